The van der Waals surface area contributed by atoms with Crippen molar-refractivity contribution in [3.63, 3.8) is 0 Å². The van der Waals surface area contributed by atoms with Crippen LogP contribution in [0.2, 0.25) is 0 Å². The van der Waals surface area contributed by atoms with Crippen molar-refractivity contribution in [1.29, 1.82) is 0 Å². The van der Waals surface area contributed by atoms with Crippen molar-refractivity contribution in [3.05, 3.63) is 59.3 Å². The highest BCUT2D eigenvalue weighted by Gasteiger charge is 2.35. The second-order valence-electron chi connectivity index (χ2n) is 6.31. The molecule has 8 heteroatoms. The van der Waals surface area contributed by atoms with Gasteiger partial charge in [-0.1, -0.05) is 11.2 Å². The predicted molar refractivity (Wildman–Crippen MR) is 90.4 cm³/mol. The molecule has 1 atom stereocenters. The van der Waals surface area contributed by atoms with Crippen LogP contribution in [0.15, 0.2) is 35.1 Å². The third kappa shape index (κ3) is 2.14. The van der Waals surface area contributed by atoms with Gasteiger partial charge in [0.2, 0.25) is 5.89 Å². The highest BCUT2D eigenvalue weighted by molar-refractivity contribution is 5.56. The van der Waals surface area contributed by atoms with E-state index in [1.807, 2.05) is 16.8 Å². The predicted octanol–water partition coefficient (Wildman–Crippen LogP) is 2.21. The Labute approximate surface area is 143 Å². The first-order valence-corrected chi connectivity index (χ1v) is 8.24. The van der Waals surface area contributed by atoms with Crippen molar-refractivity contribution in [1.82, 2.24) is 29.8 Å². The van der Waals surface area contributed by atoms with Crippen molar-refractivity contribution in [2.24, 2.45) is 0 Å². The fourth-order valence-electron chi connectivity index (χ4n) is 3.49. The van der Waals surface area contributed by atoms with Gasteiger partial charge in [0.15, 0.2) is 0 Å². The molecular formula is C17H17N7O. The number of aryl methyl sites for hydroxylation is 2. The lowest BCUT2D eigenvalue weighted by Gasteiger charge is -2.32. The van der Waals surface area contributed by atoms with Gasteiger partial charge in [-0.05, 0) is 24.6 Å². The van der Waals surface area contributed by atoms with Crippen molar-refractivity contribution in [2.75, 3.05) is 11.4 Å². The van der Waals surface area contributed by atoms with Gasteiger partial charge < -0.3 is 14.3 Å². The summed E-state index contributed by atoms with van der Waals surface area (Å²) in [7, 11) is 0. The molecule has 1 aliphatic heterocycles. The van der Waals surface area contributed by atoms with Crippen molar-refractivity contribution >= 4 is 11.5 Å². The Bertz CT molecular complexity index is 1060. The molecule has 0 radical (unpaired) electrons. The van der Waals surface area contributed by atoms with Crippen molar-refractivity contribution < 1.29 is 4.42 Å². The fraction of sp³-hybridized carbons (Fsp3) is 0.294. The van der Waals surface area contributed by atoms with E-state index in [1.165, 1.54) is 5.56 Å². The molecule has 0 fully saturated rings. The number of imidazole rings is 1. The zero-order valence-electron chi connectivity index (χ0n) is 14.0. The Balaban J connectivity index is 1.69. The third-order valence-electron chi connectivity index (χ3n) is 4.70. The Hall–Kier alpha value is -3.16. The van der Waals surface area contributed by atoms with E-state index in [0.29, 0.717) is 11.9 Å². The summed E-state index contributed by atoms with van der Waals surface area (Å²) in [6.45, 7) is 4.64. The maximum atomic E-state index is 5.70. The van der Waals surface area contributed by atoms with Crippen LogP contribution in [0.25, 0.3) is 5.52 Å². The smallest absolute Gasteiger partial charge is 0.319 e. The van der Waals surface area contributed by atoms with E-state index in [9.17, 15) is 0 Å². The molecule has 4 aromatic heterocycles. The molecule has 0 saturated carbocycles. The average Bonchev–Trinajstić information content (AvgIpc) is 3.32. The van der Waals surface area contributed by atoms with E-state index in [2.05, 4.69) is 44.1 Å². The van der Waals surface area contributed by atoms with Crippen LogP contribution in [-0.4, -0.2) is 36.3 Å². The lowest BCUT2D eigenvalue weighted by molar-refractivity contribution is 0.477. The van der Waals surface area contributed by atoms with Crippen LogP contribution in [0.5, 0.6) is 0 Å². The first kappa shape index (κ1) is 14.2. The molecule has 0 aliphatic carbocycles. The largest absolute Gasteiger partial charge is 0.408 e. The standard InChI is InChI=1S/C17H17N7O/c1-10-4-3-6-24-14(10)8-13(22-24)16-15-12(18-9-19-15)5-7-23(16)17-21-20-11(2)25-17/h3-4,6,8-9,16H,5,7H2,1-2H3,(H,18,19)/t16-/m0/s1. The monoisotopic (exact) mass is 335 g/mol. The van der Waals surface area contributed by atoms with Crippen molar-refractivity contribution in [2.45, 2.75) is 26.3 Å². The summed E-state index contributed by atoms with van der Waals surface area (Å²) in [6.07, 6.45) is 4.54. The molecule has 1 aliphatic rings. The van der Waals surface area contributed by atoms with Gasteiger partial charge in [0.1, 0.15) is 6.04 Å². The minimum absolute atomic E-state index is 0.158. The number of hydrogen-bond acceptors (Lipinski definition) is 6. The van der Waals surface area contributed by atoms with Gasteiger partial charge in [-0.15, -0.1) is 5.10 Å². The minimum atomic E-state index is -0.158. The highest BCUT2D eigenvalue weighted by Crippen LogP contribution is 2.36. The van der Waals surface area contributed by atoms with Crippen LogP contribution in [-0.2, 0) is 6.42 Å². The summed E-state index contributed by atoms with van der Waals surface area (Å²) in [5.41, 5.74) is 5.27. The summed E-state index contributed by atoms with van der Waals surface area (Å²) in [5, 5.41) is 13.0. The van der Waals surface area contributed by atoms with Gasteiger partial charge in [0.05, 0.1) is 23.2 Å². The molecule has 25 heavy (non-hydrogen) atoms. The maximum absolute atomic E-state index is 5.70. The van der Waals surface area contributed by atoms with Gasteiger partial charge in [0.25, 0.3) is 0 Å². The number of pyridine rings is 1. The number of fused-ring (bicyclic) bond motifs is 2. The molecular weight excluding hydrogens is 318 g/mol. The normalized spacial score (nSPS) is 17.2. The van der Waals surface area contributed by atoms with E-state index in [1.54, 1.807) is 13.3 Å². The number of hydrogen-bond donors (Lipinski definition) is 1. The molecule has 0 spiro atoms. The number of aromatic amines is 1. The molecule has 0 unspecified atom stereocenters. The van der Waals surface area contributed by atoms with Crippen molar-refractivity contribution in [3.8, 4) is 0 Å². The summed E-state index contributed by atoms with van der Waals surface area (Å²) in [5.74, 6) is 0.549. The molecule has 126 valence electrons. The molecule has 1 N–H and O–H groups in total. The average molecular weight is 335 g/mol. The number of aromatic nitrogens is 6. The Morgan fingerprint density at radius 3 is 3.00 bits per heavy atom. The summed E-state index contributed by atoms with van der Waals surface area (Å²) in [6, 6.07) is 6.54. The Morgan fingerprint density at radius 1 is 1.28 bits per heavy atom. The number of nitrogens with zero attached hydrogens (tertiary/aromatic N) is 6. The molecule has 5 rings (SSSR count). The summed E-state index contributed by atoms with van der Waals surface area (Å²) in [4.78, 5) is 9.88. The number of H-pyrrole nitrogens is 1. The SMILES string of the molecule is Cc1nnc(N2CCc3[nH]cnc3[C@@H]2c2cc3c(C)cccn3n2)o1. The van der Waals surface area contributed by atoms with E-state index < -0.39 is 0 Å². The molecule has 5 heterocycles. The van der Waals surface area contributed by atoms with Gasteiger partial charge in [-0.25, -0.2) is 9.50 Å². The number of rotatable bonds is 2. The fourth-order valence-corrected chi connectivity index (χ4v) is 3.49. The molecule has 8 nitrogen and oxygen atoms in total. The summed E-state index contributed by atoms with van der Waals surface area (Å²) < 4.78 is 7.60. The number of anilines is 1. The zero-order valence-corrected chi connectivity index (χ0v) is 14.0. The highest BCUT2D eigenvalue weighted by atomic mass is 16.4. The zero-order chi connectivity index (χ0) is 17.0. The van der Waals surface area contributed by atoms with Crippen LogP contribution in [0.1, 0.15) is 34.6 Å². The first-order chi connectivity index (χ1) is 12.2. The number of nitrogens with one attached hydrogen (secondary N) is 1. The quantitative estimate of drug-likeness (QED) is 0.604. The van der Waals surface area contributed by atoms with Crippen LogP contribution in [0.3, 0.4) is 0 Å². The van der Waals surface area contributed by atoms with Crippen LogP contribution >= 0.6 is 0 Å². The maximum Gasteiger partial charge on any atom is 0.319 e. The second kappa shape index (κ2) is 5.17. The Morgan fingerprint density at radius 2 is 2.20 bits per heavy atom. The van der Waals surface area contributed by atoms with Crippen LogP contribution < -0.4 is 4.90 Å². The van der Waals surface area contributed by atoms with E-state index in [-0.39, 0.29) is 6.04 Å². The van der Waals surface area contributed by atoms with Crippen LogP contribution in [0.4, 0.5) is 6.01 Å². The molecule has 0 saturated heterocycles. The van der Waals surface area contributed by atoms with Gasteiger partial charge >= 0.3 is 6.01 Å². The van der Waals surface area contributed by atoms with E-state index >= 15 is 0 Å². The van der Waals surface area contributed by atoms with E-state index in [0.717, 1.165) is 35.6 Å². The Kier molecular flexibility index (Phi) is 2.94. The minimum Gasteiger partial charge on any atom is -0.408 e. The van der Waals surface area contributed by atoms with Gasteiger partial charge in [0, 0.05) is 31.8 Å². The summed E-state index contributed by atoms with van der Waals surface area (Å²) >= 11 is 0. The lowest BCUT2D eigenvalue weighted by Crippen LogP contribution is -2.36. The molecule has 0 bridgehead atoms. The van der Waals surface area contributed by atoms with Gasteiger partial charge in [-0.2, -0.15) is 5.10 Å². The third-order valence-corrected chi connectivity index (χ3v) is 4.70. The molecule has 4 aromatic rings. The lowest BCUT2D eigenvalue weighted by atomic mass is 10.00. The second-order valence-corrected chi connectivity index (χ2v) is 6.31. The van der Waals surface area contributed by atoms with E-state index in [4.69, 9.17) is 9.52 Å². The topological polar surface area (TPSA) is 88.1 Å². The molecule has 0 aromatic carbocycles. The van der Waals surface area contributed by atoms with Crippen LogP contribution in [0, 0.1) is 13.8 Å². The first-order valence-electron chi connectivity index (χ1n) is 8.24. The van der Waals surface area contributed by atoms with Gasteiger partial charge in [-0.3, -0.25) is 0 Å². The molecule has 0 amide bonds.